The Bertz CT molecular complexity index is 1050. The van der Waals surface area contributed by atoms with E-state index in [9.17, 15) is 4.79 Å². The van der Waals surface area contributed by atoms with Gasteiger partial charge in [-0.1, -0.05) is 32.9 Å². The van der Waals surface area contributed by atoms with Crippen molar-refractivity contribution in [2.24, 2.45) is 0 Å². The summed E-state index contributed by atoms with van der Waals surface area (Å²) in [5.41, 5.74) is 2.98. The molecule has 3 heterocycles. The summed E-state index contributed by atoms with van der Waals surface area (Å²) in [6.45, 7) is 8.99. The van der Waals surface area contributed by atoms with E-state index in [1.54, 1.807) is 17.1 Å². The minimum absolute atomic E-state index is 0.0111. The highest BCUT2D eigenvalue weighted by Crippen LogP contribution is 2.36. The molecule has 1 amide bonds. The van der Waals surface area contributed by atoms with Crippen LogP contribution >= 0.6 is 0 Å². The third-order valence-electron chi connectivity index (χ3n) is 4.97. The van der Waals surface area contributed by atoms with Gasteiger partial charge < -0.3 is 14.8 Å². The molecule has 30 heavy (non-hydrogen) atoms. The Morgan fingerprint density at radius 1 is 1.23 bits per heavy atom. The number of fused-ring (bicyclic) bond motifs is 1. The molecule has 1 aliphatic rings. The molecule has 0 aliphatic carbocycles. The number of rotatable bonds is 4. The first-order valence-electron chi connectivity index (χ1n) is 9.98. The van der Waals surface area contributed by atoms with Crippen LogP contribution in [-0.2, 0) is 16.8 Å². The molecule has 0 unspecified atom stereocenters. The van der Waals surface area contributed by atoms with Crippen molar-refractivity contribution >= 4 is 11.7 Å². The van der Waals surface area contributed by atoms with Crippen LogP contribution in [0, 0.1) is 6.92 Å². The number of benzene rings is 1. The lowest BCUT2D eigenvalue weighted by molar-refractivity contribution is -0.125. The molecule has 3 aromatic rings. The topological polar surface area (TPSA) is 78.3 Å². The Hall–Kier alpha value is -3.35. The fourth-order valence-electron chi connectivity index (χ4n) is 3.30. The van der Waals surface area contributed by atoms with Crippen LogP contribution in [0.25, 0.3) is 0 Å². The third kappa shape index (κ3) is 4.30. The Labute approximate surface area is 176 Å². The third-order valence-corrected chi connectivity index (χ3v) is 4.97. The summed E-state index contributed by atoms with van der Waals surface area (Å²) in [6, 6.07) is 11.5. The number of hydrogen-bond donors (Lipinski definition) is 1. The van der Waals surface area contributed by atoms with E-state index in [2.05, 4.69) is 36.2 Å². The number of nitrogens with zero attached hydrogens (tertiary/aromatic N) is 3. The number of aromatic nitrogens is 3. The van der Waals surface area contributed by atoms with E-state index in [1.807, 2.05) is 43.3 Å². The van der Waals surface area contributed by atoms with Crippen LogP contribution in [0.3, 0.4) is 0 Å². The Kier molecular flexibility index (Phi) is 5.20. The molecule has 0 fully saturated rings. The number of aryl methyl sites for hydroxylation is 1. The smallest absolute Gasteiger partial charge is 0.270 e. The summed E-state index contributed by atoms with van der Waals surface area (Å²) < 4.78 is 13.5. The van der Waals surface area contributed by atoms with Gasteiger partial charge in [-0.2, -0.15) is 5.10 Å². The highest BCUT2D eigenvalue weighted by atomic mass is 16.6. The van der Waals surface area contributed by atoms with E-state index < -0.39 is 6.10 Å². The van der Waals surface area contributed by atoms with Crippen LogP contribution in [0.5, 0.6) is 11.5 Å². The number of amides is 1. The number of pyridine rings is 1. The van der Waals surface area contributed by atoms with E-state index in [1.165, 1.54) is 0 Å². The largest absolute Gasteiger partial charge is 0.485 e. The van der Waals surface area contributed by atoms with Gasteiger partial charge in [0, 0.05) is 18.5 Å². The molecule has 0 spiro atoms. The molecule has 156 valence electrons. The Morgan fingerprint density at radius 3 is 2.80 bits per heavy atom. The monoisotopic (exact) mass is 406 g/mol. The molecule has 0 radical (unpaired) electrons. The maximum atomic E-state index is 12.8. The number of carbonyl (C=O) groups is 1. The molecule has 0 bridgehead atoms. The van der Waals surface area contributed by atoms with Crippen molar-refractivity contribution in [3.05, 3.63) is 65.6 Å². The van der Waals surface area contributed by atoms with Gasteiger partial charge in [-0.05, 0) is 41.7 Å². The Balaban J connectivity index is 1.47. The van der Waals surface area contributed by atoms with Crippen molar-refractivity contribution in [3.8, 4) is 11.5 Å². The molecule has 1 aliphatic heterocycles. The van der Waals surface area contributed by atoms with Crippen molar-refractivity contribution < 1.29 is 14.3 Å². The molecular weight excluding hydrogens is 380 g/mol. The van der Waals surface area contributed by atoms with Crippen molar-refractivity contribution in [2.45, 2.75) is 45.8 Å². The summed E-state index contributed by atoms with van der Waals surface area (Å²) in [5.74, 6) is 1.59. The molecule has 0 saturated carbocycles. The van der Waals surface area contributed by atoms with Crippen LogP contribution in [-0.4, -0.2) is 33.4 Å². The first-order chi connectivity index (χ1) is 14.3. The average molecular weight is 406 g/mol. The summed E-state index contributed by atoms with van der Waals surface area (Å²) in [4.78, 5) is 17.0. The number of nitrogens with one attached hydrogen (secondary N) is 1. The molecule has 1 N–H and O–H groups in total. The molecule has 2 aromatic heterocycles. The molecule has 7 heteroatoms. The van der Waals surface area contributed by atoms with Gasteiger partial charge in [0.2, 0.25) is 6.10 Å². The Morgan fingerprint density at radius 2 is 2.07 bits per heavy atom. The lowest BCUT2D eigenvalue weighted by Crippen LogP contribution is -2.40. The number of anilines is 1. The second kappa shape index (κ2) is 7.82. The van der Waals surface area contributed by atoms with E-state index in [0.29, 0.717) is 23.9 Å². The summed E-state index contributed by atoms with van der Waals surface area (Å²) in [7, 11) is 0. The van der Waals surface area contributed by atoms with E-state index in [0.717, 1.165) is 16.8 Å². The lowest BCUT2D eigenvalue weighted by Gasteiger charge is -2.28. The quantitative estimate of drug-likeness (QED) is 0.715. The minimum atomic E-state index is -0.736. The molecule has 4 rings (SSSR count). The predicted octanol–water partition coefficient (Wildman–Crippen LogP) is 3.71. The zero-order chi connectivity index (χ0) is 21.3. The number of ether oxygens (including phenoxy) is 2. The summed E-state index contributed by atoms with van der Waals surface area (Å²) in [5, 5.41) is 7.40. The fraction of sp³-hybridized carbons (Fsp3) is 0.348. The van der Waals surface area contributed by atoms with E-state index in [4.69, 9.17) is 9.47 Å². The van der Waals surface area contributed by atoms with E-state index >= 15 is 0 Å². The van der Waals surface area contributed by atoms with Crippen LogP contribution < -0.4 is 14.8 Å². The maximum Gasteiger partial charge on any atom is 0.270 e. The molecule has 1 atom stereocenters. The van der Waals surface area contributed by atoms with Gasteiger partial charge in [-0.25, -0.2) is 4.68 Å². The predicted molar refractivity (Wildman–Crippen MR) is 114 cm³/mol. The van der Waals surface area contributed by atoms with Gasteiger partial charge in [-0.15, -0.1) is 0 Å². The second-order valence-corrected chi connectivity index (χ2v) is 8.51. The summed E-state index contributed by atoms with van der Waals surface area (Å²) in [6.07, 6.45) is 2.77. The number of hydrogen-bond acceptors (Lipinski definition) is 5. The van der Waals surface area contributed by atoms with Gasteiger partial charge >= 0.3 is 0 Å². The molecule has 1 aromatic carbocycles. The zero-order valence-corrected chi connectivity index (χ0v) is 17.7. The lowest BCUT2D eigenvalue weighted by atomic mass is 9.87. The zero-order valence-electron chi connectivity index (χ0n) is 17.7. The molecule has 7 nitrogen and oxygen atoms in total. The van der Waals surface area contributed by atoms with Crippen LogP contribution in [0.4, 0.5) is 5.82 Å². The van der Waals surface area contributed by atoms with E-state index in [-0.39, 0.29) is 17.9 Å². The standard InChI is InChI=1S/C23H26N4O3/c1-15-10-21(27(26-15)13-16-6-5-9-24-12-16)25-22(28)20-14-29-19-11-17(23(2,3)4)7-8-18(19)30-20/h5-12,20H,13-14H2,1-4H3,(H,25,28)/t20-/m1/s1. The van der Waals surface area contributed by atoms with Gasteiger partial charge in [0.1, 0.15) is 12.4 Å². The molecule has 0 saturated heterocycles. The van der Waals surface area contributed by atoms with Gasteiger partial charge in [0.25, 0.3) is 5.91 Å². The maximum absolute atomic E-state index is 12.8. The van der Waals surface area contributed by atoms with Gasteiger partial charge in [0.15, 0.2) is 11.5 Å². The van der Waals surface area contributed by atoms with Crippen LogP contribution in [0.2, 0.25) is 0 Å². The van der Waals surface area contributed by atoms with Crippen molar-refractivity contribution in [1.29, 1.82) is 0 Å². The summed E-state index contributed by atoms with van der Waals surface area (Å²) >= 11 is 0. The minimum Gasteiger partial charge on any atom is -0.485 e. The van der Waals surface area contributed by atoms with Crippen molar-refractivity contribution in [3.63, 3.8) is 0 Å². The first-order valence-corrected chi connectivity index (χ1v) is 9.98. The fourth-order valence-corrected chi connectivity index (χ4v) is 3.30. The highest BCUT2D eigenvalue weighted by molar-refractivity contribution is 5.94. The SMILES string of the molecule is Cc1cc(NC(=O)[C@H]2COc3cc(C(C)(C)C)ccc3O2)n(Cc2cccnc2)n1. The van der Waals surface area contributed by atoms with Crippen LogP contribution in [0.1, 0.15) is 37.6 Å². The van der Waals surface area contributed by atoms with Gasteiger partial charge in [0.05, 0.1) is 12.2 Å². The molecular formula is C23H26N4O3. The highest BCUT2D eigenvalue weighted by Gasteiger charge is 2.29. The normalized spacial score (nSPS) is 15.7. The van der Waals surface area contributed by atoms with Crippen molar-refractivity contribution in [1.82, 2.24) is 14.8 Å². The average Bonchev–Trinajstić information content (AvgIpc) is 3.05. The first kappa shape index (κ1) is 19.9. The van der Waals surface area contributed by atoms with Crippen LogP contribution in [0.15, 0.2) is 48.8 Å². The van der Waals surface area contributed by atoms with Gasteiger partial charge in [-0.3, -0.25) is 9.78 Å². The second-order valence-electron chi connectivity index (χ2n) is 8.51. The number of carbonyl (C=O) groups excluding carboxylic acids is 1. The van der Waals surface area contributed by atoms with Crippen molar-refractivity contribution in [2.75, 3.05) is 11.9 Å².